The summed E-state index contributed by atoms with van der Waals surface area (Å²) in [6, 6.07) is 14.0. The van der Waals surface area contributed by atoms with Crippen molar-refractivity contribution in [3.8, 4) is 0 Å². The molecule has 0 aromatic heterocycles. The highest BCUT2D eigenvalue weighted by Crippen LogP contribution is 2.29. The molecular weight excluding hydrogens is 410 g/mol. The lowest BCUT2D eigenvalue weighted by Crippen LogP contribution is -2.50. The van der Waals surface area contributed by atoms with Crippen LogP contribution < -0.4 is 14.5 Å². The van der Waals surface area contributed by atoms with E-state index in [1.54, 1.807) is 32.0 Å². The van der Waals surface area contributed by atoms with Crippen molar-refractivity contribution in [3.63, 3.8) is 0 Å². The summed E-state index contributed by atoms with van der Waals surface area (Å²) in [4.78, 5) is 14.9. The number of sulfonamides is 1. The fourth-order valence-corrected chi connectivity index (χ4v) is 4.56. The molecule has 6 nitrogen and oxygen atoms in total. The molecule has 0 saturated carbocycles. The fourth-order valence-electron chi connectivity index (χ4n) is 3.13. The van der Waals surface area contributed by atoms with Crippen LogP contribution in [-0.2, 0) is 14.8 Å². The molecule has 0 heterocycles. The van der Waals surface area contributed by atoms with Gasteiger partial charge in [-0.2, -0.15) is 0 Å². The second kappa shape index (κ2) is 9.98. The van der Waals surface area contributed by atoms with Crippen LogP contribution in [0.1, 0.15) is 18.9 Å². The first-order valence-corrected chi connectivity index (χ1v) is 11.7. The number of hydrogen-bond donors (Lipinski definition) is 1. The number of halogens is 1. The highest BCUT2D eigenvalue weighted by molar-refractivity contribution is 7.92. The highest BCUT2D eigenvalue weighted by Gasteiger charge is 2.32. The van der Waals surface area contributed by atoms with E-state index in [-0.39, 0.29) is 5.91 Å². The Morgan fingerprint density at radius 3 is 2.41 bits per heavy atom. The molecule has 0 spiro atoms. The number of anilines is 2. The number of benzene rings is 2. The first-order valence-electron chi connectivity index (χ1n) is 9.44. The Balaban J connectivity index is 2.15. The number of carbonyl (C=O) groups is 1. The summed E-state index contributed by atoms with van der Waals surface area (Å²) in [5.41, 5.74) is 2.19. The molecule has 29 heavy (non-hydrogen) atoms. The van der Waals surface area contributed by atoms with Crippen molar-refractivity contribution in [2.75, 3.05) is 35.6 Å². The van der Waals surface area contributed by atoms with Crippen LogP contribution in [0.2, 0.25) is 5.02 Å². The molecule has 0 unspecified atom stereocenters. The molecule has 2 rings (SSSR count). The summed E-state index contributed by atoms with van der Waals surface area (Å²) in [7, 11) is -1.75. The lowest BCUT2D eigenvalue weighted by atomic mass is 10.1. The maximum absolute atomic E-state index is 12.9. The molecule has 2 aromatic carbocycles. The van der Waals surface area contributed by atoms with E-state index < -0.39 is 16.1 Å². The van der Waals surface area contributed by atoms with Gasteiger partial charge in [0.25, 0.3) is 0 Å². The molecule has 1 atom stereocenters. The van der Waals surface area contributed by atoms with Gasteiger partial charge in [-0.3, -0.25) is 9.10 Å². The third kappa shape index (κ3) is 6.11. The van der Waals surface area contributed by atoms with E-state index in [0.29, 0.717) is 30.2 Å². The van der Waals surface area contributed by atoms with Crippen molar-refractivity contribution in [2.24, 2.45) is 0 Å². The SMILES string of the molecule is CC[C@H](C(=O)NCCN(C)c1ccccc1)N(c1cc(Cl)ccc1C)S(C)(=O)=O. The zero-order chi connectivity index (χ0) is 21.6. The van der Waals surface area contributed by atoms with E-state index in [1.807, 2.05) is 42.3 Å². The number of nitrogens with zero attached hydrogens (tertiary/aromatic N) is 2. The van der Waals surface area contributed by atoms with Crippen LogP contribution in [0.15, 0.2) is 48.5 Å². The summed E-state index contributed by atoms with van der Waals surface area (Å²) in [5, 5.41) is 3.29. The summed E-state index contributed by atoms with van der Waals surface area (Å²) in [6.45, 7) is 4.58. The normalized spacial score (nSPS) is 12.3. The fraction of sp³-hybridized carbons (Fsp3) is 0.381. The van der Waals surface area contributed by atoms with Crippen molar-refractivity contribution >= 4 is 38.9 Å². The van der Waals surface area contributed by atoms with Crippen LogP contribution >= 0.6 is 11.6 Å². The lowest BCUT2D eigenvalue weighted by molar-refractivity contribution is -0.122. The average Bonchev–Trinajstić information content (AvgIpc) is 2.67. The first kappa shape index (κ1) is 23.0. The van der Waals surface area contributed by atoms with Gasteiger partial charge < -0.3 is 10.2 Å². The van der Waals surface area contributed by atoms with Crippen molar-refractivity contribution in [1.82, 2.24) is 5.32 Å². The van der Waals surface area contributed by atoms with Crippen LogP contribution in [0.5, 0.6) is 0 Å². The van der Waals surface area contributed by atoms with Gasteiger partial charge in [0.2, 0.25) is 15.9 Å². The number of para-hydroxylation sites is 1. The van der Waals surface area contributed by atoms with Crippen LogP contribution in [-0.4, -0.2) is 46.8 Å². The first-order chi connectivity index (χ1) is 13.6. The standard InChI is InChI=1S/C21H28ClN3O3S/c1-5-19(21(26)23-13-14-24(3)18-9-7-6-8-10-18)25(29(4,27)28)20-15-17(22)12-11-16(20)2/h6-12,15,19H,5,13-14H2,1-4H3,(H,23,26)/t19-/m1/s1. The largest absolute Gasteiger partial charge is 0.373 e. The average molecular weight is 438 g/mol. The van der Waals surface area contributed by atoms with Gasteiger partial charge in [-0.25, -0.2) is 8.42 Å². The molecule has 0 bridgehead atoms. The van der Waals surface area contributed by atoms with Crippen LogP contribution in [0, 0.1) is 6.92 Å². The lowest BCUT2D eigenvalue weighted by Gasteiger charge is -2.31. The molecule has 158 valence electrons. The van der Waals surface area contributed by atoms with Gasteiger partial charge in [-0.1, -0.05) is 42.8 Å². The minimum atomic E-state index is -3.69. The van der Waals surface area contributed by atoms with Gasteiger partial charge in [0.05, 0.1) is 11.9 Å². The van der Waals surface area contributed by atoms with E-state index in [9.17, 15) is 13.2 Å². The Morgan fingerprint density at radius 2 is 1.83 bits per heavy atom. The van der Waals surface area contributed by atoms with E-state index in [1.165, 1.54) is 4.31 Å². The van der Waals surface area contributed by atoms with Crippen molar-refractivity contribution in [3.05, 3.63) is 59.1 Å². The maximum atomic E-state index is 12.9. The Bertz CT molecular complexity index is 935. The summed E-state index contributed by atoms with van der Waals surface area (Å²) in [6.07, 6.45) is 1.44. The van der Waals surface area contributed by atoms with Gasteiger partial charge in [0.1, 0.15) is 6.04 Å². The summed E-state index contributed by atoms with van der Waals surface area (Å²) in [5.74, 6) is -0.334. The number of aryl methyl sites for hydroxylation is 1. The van der Waals surface area contributed by atoms with E-state index in [4.69, 9.17) is 11.6 Å². The predicted molar refractivity (Wildman–Crippen MR) is 120 cm³/mol. The van der Waals surface area contributed by atoms with Crippen LogP contribution in [0.25, 0.3) is 0 Å². The second-order valence-corrected chi connectivity index (χ2v) is 9.26. The third-order valence-electron chi connectivity index (χ3n) is 4.68. The minimum absolute atomic E-state index is 0.333. The quantitative estimate of drug-likeness (QED) is 0.652. The summed E-state index contributed by atoms with van der Waals surface area (Å²) >= 11 is 6.09. The predicted octanol–water partition coefficient (Wildman–Crippen LogP) is 3.45. The molecule has 1 N–H and O–H groups in total. The van der Waals surface area contributed by atoms with Crippen molar-refractivity contribution in [2.45, 2.75) is 26.3 Å². The molecule has 0 aliphatic carbocycles. The molecule has 0 aliphatic heterocycles. The summed E-state index contributed by atoms with van der Waals surface area (Å²) < 4.78 is 26.3. The molecular formula is C21H28ClN3O3S. The van der Waals surface area contributed by atoms with Crippen LogP contribution in [0.4, 0.5) is 11.4 Å². The Labute approximate surface area is 178 Å². The zero-order valence-corrected chi connectivity index (χ0v) is 18.8. The number of likely N-dealkylation sites (N-methyl/N-ethyl adjacent to an activating group) is 1. The maximum Gasteiger partial charge on any atom is 0.243 e. The number of carbonyl (C=O) groups excluding carboxylic acids is 1. The molecule has 1 amide bonds. The van der Waals surface area contributed by atoms with Gasteiger partial charge in [0, 0.05) is 30.8 Å². The second-order valence-electron chi connectivity index (χ2n) is 6.96. The topological polar surface area (TPSA) is 69.7 Å². The number of nitrogens with one attached hydrogen (secondary N) is 1. The van der Waals surface area contributed by atoms with Crippen LogP contribution in [0.3, 0.4) is 0 Å². The Hall–Kier alpha value is -2.25. The smallest absolute Gasteiger partial charge is 0.243 e. The number of rotatable bonds is 9. The molecule has 2 aromatic rings. The van der Waals surface area contributed by atoms with Gasteiger partial charge in [-0.05, 0) is 43.2 Å². The molecule has 0 radical (unpaired) electrons. The van der Waals surface area contributed by atoms with Gasteiger partial charge in [0.15, 0.2) is 0 Å². The molecule has 0 fully saturated rings. The Kier molecular flexibility index (Phi) is 7.93. The third-order valence-corrected chi connectivity index (χ3v) is 6.08. The Morgan fingerprint density at radius 1 is 1.17 bits per heavy atom. The van der Waals surface area contributed by atoms with Gasteiger partial charge >= 0.3 is 0 Å². The van der Waals surface area contributed by atoms with E-state index >= 15 is 0 Å². The molecule has 8 heteroatoms. The highest BCUT2D eigenvalue weighted by atomic mass is 35.5. The number of hydrogen-bond acceptors (Lipinski definition) is 4. The number of amides is 1. The molecule has 0 saturated heterocycles. The van der Waals surface area contributed by atoms with E-state index in [2.05, 4.69) is 5.32 Å². The van der Waals surface area contributed by atoms with E-state index in [0.717, 1.165) is 17.5 Å². The minimum Gasteiger partial charge on any atom is -0.373 e. The zero-order valence-electron chi connectivity index (χ0n) is 17.2. The molecule has 0 aliphatic rings. The van der Waals surface area contributed by atoms with Crippen molar-refractivity contribution in [1.29, 1.82) is 0 Å². The van der Waals surface area contributed by atoms with Crippen molar-refractivity contribution < 1.29 is 13.2 Å². The van der Waals surface area contributed by atoms with Gasteiger partial charge in [-0.15, -0.1) is 0 Å². The monoisotopic (exact) mass is 437 g/mol.